The maximum atomic E-state index is 9.68. The lowest BCUT2D eigenvalue weighted by Gasteiger charge is -2.27. The van der Waals surface area contributed by atoms with Crippen molar-refractivity contribution >= 4 is 10.8 Å². The third kappa shape index (κ3) is 2.08. The van der Waals surface area contributed by atoms with Gasteiger partial charge in [0.15, 0.2) is 0 Å². The van der Waals surface area contributed by atoms with Crippen molar-refractivity contribution < 1.29 is 9.84 Å². The topological polar surface area (TPSA) is 29.5 Å². The lowest BCUT2D eigenvalue weighted by Crippen LogP contribution is -2.17. The van der Waals surface area contributed by atoms with Gasteiger partial charge in [0.25, 0.3) is 0 Å². The van der Waals surface area contributed by atoms with Crippen LogP contribution in [0, 0.1) is 0 Å². The Labute approximate surface area is 123 Å². The van der Waals surface area contributed by atoms with Crippen molar-refractivity contribution in [2.75, 3.05) is 6.61 Å². The average molecular weight is 276 g/mol. The summed E-state index contributed by atoms with van der Waals surface area (Å²) in [5.74, 6) is 0.326. The SMILES string of the molecule is Oc1ccc2c(c1)CCO[C@H]2c1cccc2ccccc12. The molecular formula is C19H16O2. The first kappa shape index (κ1) is 12.4. The van der Waals surface area contributed by atoms with Crippen LogP contribution in [-0.2, 0) is 11.2 Å². The van der Waals surface area contributed by atoms with Crippen LogP contribution in [0.1, 0.15) is 22.8 Å². The van der Waals surface area contributed by atoms with Gasteiger partial charge in [-0.2, -0.15) is 0 Å². The Balaban J connectivity index is 1.91. The Morgan fingerprint density at radius 3 is 2.71 bits per heavy atom. The van der Waals surface area contributed by atoms with Crippen molar-refractivity contribution in [3.63, 3.8) is 0 Å². The van der Waals surface area contributed by atoms with Gasteiger partial charge >= 0.3 is 0 Å². The minimum absolute atomic E-state index is 0.0551. The summed E-state index contributed by atoms with van der Waals surface area (Å²) in [5.41, 5.74) is 3.54. The molecule has 1 aliphatic heterocycles. The first-order chi connectivity index (χ1) is 10.3. The number of benzene rings is 3. The third-order valence-corrected chi connectivity index (χ3v) is 4.17. The number of phenolic OH excluding ortho intramolecular Hbond substituents is 1. The molecule has 2 heteroatoms. The number of rotatable bonds is 1. The number of hydrogen-bond acceptors (Lipinski definition) is 2. The van der Waals surface area contributed by atoms with E-state index in [4.69, 9.17) is 4.74 Å². The highest BCUT2D eigenvalue weighted by Crippen LogP contribution is 2.37. The van der Waals surface area contributed by atoms with Crippen molar-refractivity contribution in [1.82, 2.24) is 0 Å². The van der Waals surface area contributed by atoms with E-state index in [0.29, 0.717) is 12.4 Å². The Morgan fingerprint density at radius 2 is 1.76 bits per heavy atom. The maximum Gasteiger partial charge on any atom is 0.115 e. The number of ether oxygens (including phenoxy) is 1. The van der Waals surface area contributed by atoms with Gasteiger partial charge in [-0.05, 0) is 46.0 Å². The molecule has 0 bridgehead atoms. The molecule has 0 amide bonds. The van der Waals surface area contributed by atoms with Gasteiger partial charge in [0.2, 0.25) is 0 Å². The van der Waals surface area contributed by atoms with E-state index in [2.05, 4.69) is 42.5 Å². The van der Waals surface area contributed by atoms with Crippen molar-refractivity contribution in [3.05, 3.63) is 77.4 Å². The molecule has 0 fully saturated rings. The van der Waals surface area contributed by atoms with E-state index >= 15 is 0 Å². The highest BCUT2D eigenvalue weighted by atomic mass is 16.5. The first-order valence-electron chi connectivity index (χ1n) is 7.24. The summed E-state index contributed by atoms with van der Waals surface area (Å²) in [5, 5.41) is 12.1. The van der Waals surface area contributed by atoms with Crippen LogP contribution in [0.4, 0.5) is 0 Å². The van der Waals surface area contributed by atoms with Gasteiger partial charge in [0.1, 0.15) is 11.9 Å². The number of phenols is 1. The Hall–Kier alpha value is -2.32. The van der Waals surface area contributed by atoms with Crippen LogP contribution in [0.3, 0.4) is 0 Å². The molecule has 2 nitrogen and oxygen atoms in total. The van der Waals surface area contributed by atoms with Crippen LogP contribution < -0.4 is 0 Å². The standard InChI is InChI=1S/C19H16O2/c20-15-8-9-17-14(12-15)10-11-21-19(17)18-7-3-5-13-4-1-2-6-16(13)18/h1-9,12,19-20H,10-11H2/t19-/m1/s1. The predicted octanol–water partition coefficient (Wildman–Crippen LogP) is 4.21. The number of hydrogen-bond donors (Lipinski definition) is 1. The predicted molar refractivity (Wildman–Crippen MR) is 83.6 cm³/mol. The molecule has 104 valence electrons. The van der Waals surface area contributed by atoms with Crippen LogP contribution in [-0.4, -0.2) is 11.7 Å². The van der Waals surface area contributed by atoms with Crippen molar-refractivity contribution in [2.24, 2.45) is 0 Å². The molecule has 3 aromatic carbocycles. The Bertz CT molecular complexity index is 802. The number of aromatic hydroxyl groups is 1. The summed E-state index contributed by atoms with van der Waals surface area (Å²) in [6.45, 7) is 0.685. The van der Waals surface area contributed by atoms with Crippen LogP contribution in [0.5, 0.6) is 5.75 Å². The quantitative estimate of drug-likeness (QED) is 0.721. The average Bonchev–Trinajstić information content (AvgIpc) is 2.53. The lowest BCUT2D eigenvalue weighted by atomic mass is 9.90. The molecule has 0 aliphatic carbocycles. The molecule has 0 aromatic heterocycles. The number of fused-ring (bicyclic) bond motifs is 2. The fourth-order valence-electron chi connectivity index (χ4n) is 3.18. The summed E-state index contributed by atoms with van der Waals surface area (Å²) in [7, 11) is 0. The molecule has 21 heavy (non-hydrogen) atoms. The fourth-order valence-corrected chi connectivity index (χ4v) is 3.18. The Kier molecular flexibility index (Phi) is 2.90. The molecule has 1 atom stereocenters. The summed E-state index contributed by atoms with van der Waals surface area (Å²) in [4.78, 5) is 0. The highest BCUT2D eigenvalue weighted by molar-refractivity contribution is 5.86. The minimum Gasteiger partial charge on any atom is -0.508 e. The van der Waals surface area contributed by atoms with Gasteiger partial charge in [0.05, 0.1) is 6.61 Å². The van der Waals surface area contributed by atoms with Crippen LogP contribution in [0.15, 0.2) is 60.7 Å². The Morgan fingerprint density at radius 1 is 0.905 bits per heavy atom. The van der Waals surface area contributed by atoms with Gasteiger partial charge in [-0.3, -0.25) is 0 Å². The molecule has 3 aromatic rings. The summed E-state index contributed by atoms with van der Waals surface area (Å²) in [6.07, 6.45) is 0.797. The molecule has 4 rings (SSSR count). The first-order valence-corrected chi connectivity index (χ1v) is 7.24. The van der Waals surface area contributed by atoms with E-state index in [1.54, 1.807) is 6.07 Å². The molecule has 0 saturated heterocycles. The zero-order valence-electron chi connectivity index (χ0n) is 11.6. The van der Waals surface area contributed by atoms with Gasteiger partial charge in [0, 0.05) is 0 Å². The van der Waals surface area contributed by atoms with E-state index in [9.17, 15) is 5.11 Å². The minimum atomic E-state index is -0.0551. The van der Waals surface area contributed by atoms with E-state index < -0.39 is 0 Å². The van der Waals surface area contributed by atoms with Crippen molar-refractivity contribution in [1.29, 1.82) is 0 Å². The monoisotopic (exact) mass is 276 g/mol. The molecule has 0 radical (unpaired) electrons. The second-order valence-electron chi connectivity index (χ2n) is 5.45. The van der Waals surface area contributed by atoms with Gasteiger partial charge in [-0.15, -0.1) is 0 Å². The zero-order chi connectivity index (χ0) is 14.2. The summed E-state index contributed by atoms with van der Waals surface area (Å²) < 4.78 is 6.06. The highest BCUT2D eigenvalue weighted by Gasteiger charge is 2.24. The molecule has 1 N–H and O–H groups in total. The van der Waals surface area contributed by atoms with Crippen molar-refractivity contribution in [2.45, 2.75) is 12.5 Å². The third-order valence-electron chi connectivity index (χ3n) is 4.17. The lowest BCUT2D eigenvalue weighted by molar-refractivity contribution is 0.0707. The summed E-state index contributed by atoms with van der Waals surface area (Å²) >= 11 is 0. The largest absolute Gasteiger partial charge is 0.508 e. The molecule has 1 aliphatic rings. The van der Waals surface area contributed by atoms with Gasteiger partial charge in [-0.1, -0.05) is 48.5 Å². The molecule has 0 unspecified atom stereocenters. The van der Waals surface area contributed by atoms with E-state index in [1.807, 2.05) is 12.1 Å². The smallest absolute Gasteiger partial charge is 0.115 e. The van der Waals surface area contributed by atoms with E-state index in [1.165, 1.54) is 21.9 Å². The second kappa shape index (κ2) is 4.90. The van der Waals surface area contributed by atoms with Gasteiger partial charge < -0.3 is 9.84 Å². The van der Waals surface area contributed by atoms with E-state index in [-0.39, 0.29) is 6.10 Å². The fraction of sp³-hybridized carbons (Fsp3) is 0.158. The molecular weight excluding hydrogens is 260 g/mol. The zero-order valence-corrected chi connectivity index (χ0v) is 11.6. The van der Waals surface area contributed by atoms with Gasteiger partial charge in [-0.25, -0.2) is 0 Å². The van der Waals surface area contributed by atoms with Crippen LogP contribution >= 0.6 is 0 Å². The second-order valence-corrected chi connectivity index (χ2v) is 5.45. The summed E-state index contributed by atoms with van der Waals surface area (Å²) in [6, 6.07) is 20.3. The molecule has 0 spiro atoms. The van der Waals surface area contributed by atoms with Crippen LogP contribution in [0.25, 0.3) is 10.8 Å². The van der Waals surface area contributed by atoms with Crippen molar-refractivity contribution in [3.8, 4) is 5.75 Å². The van der Waals surface area contributed by atoms with E-state index in [0.717, 1.165) is 12.0 Å². The normalized spacial score (nSPS) is 17.6. The maximum absolute atomic E-state index is 9.68. The molecule has 0 saturated carbocycles. The van der Waals surface area contributed by atoms with Crippen LogP contribution in [0.2, 0.25) is 0 Å². The molecule has 1 heterocycles.